The molecule has 0 aliphatic carbocycles. The Labute approximate surface area is 99.1 Å². The summed E-state index contributed by atoms with van der Waals surface area (Å²) in [5.41, 5.74) is 0. The van der Waals surface area contributed by atoms with Crippen LogP contribution in [-0.4, -0.2) is 38.8 Å². The standard InChI is InChI=1S/C12H26N2O2/c1-4-11(2)14-10-12(15)13-8-6-5-7-9-16-3/h11,14H,4-10H2,1-3H3,(H,13,15). The van der Waals surface area contributed by atoms with Gasteiger partial charge in [-0.2, -0.15) is 0 Å². The van der Waals surface area contributed by atoms with Gasteiger partial charge in [-0.3, -0.25) is 4.79 Å². The van der Waals surface area contributed by atoms with Crippen LogP contribution in [0.4, 0.5) is 0 Å². The van der Waals surface area contributed by atoms with E-state index in [0.717, 1.165) is 38.8 Å². The molecule has 1 atom stereocenters. The molecule has 1 unspecified atom stereocenters. The molecule has 0 saturated carbocycles. The van der Waals surface area contributed by atoms with Gasteiger partial charge in [0.2, 0.25) is 5.91 Å². The molecule has 0 heterocycles. The second-order valence-electron chi connectivity index (χ2n) is 4.09. The van der Waals surface area contributed by atoms with Crippen LogP contribution in [0.2, 0.25) is 0 Å². The number of nitrogens with one attached hydrogen (secondary N) is 2. The molecule has 0 aliphatic rings. The van der Waals surface area contributed by atoms with E-state index in [-0.39, 0.29) is 5.91 Å². The summed E-state index contributed by atoms with van der Waals surface area (Å²) in [6.07, 6.45) is 4.24. The minimum absolute atomic E-state index is 0.0899. The molecule has 0 radical (unpaired) electrons. The fourth-order valence-corrected chi connectivity index (χ4v) is 1.25. The van der Waals surface area contributed by atoms with Crippen molar-refractivity contribution < 1.29 is 9.53 Å². The van der Waals surface area contributed by atoms with E-state index in [4.69, 9.17) is 4.74 Å². The molecule has 0 aromatic carbocycles. The van der Waals surface area contributed by atoms with Crippen molar-refractivity contribution in [1.82, 2.24) is 10.6 Å². The first-order chi connectivity index (χ1) is 7.70. The Balaban J connectivity index is 3.24. The minimum atomic E-state index is 0.0899. The molecule has 0 bridgehead atoms. The molecule has 0 aliphatic heterocycles. The summed E-state index contributed by atoms with van der Waals surface area (Å²) in [7, 11) is 1.71. The van der Waals surface area contributed by atoms with Crippen molar-refractivity contribution >= 4 is 5.91 Å². The molecule has 0 saturated heterocycles. The van der Waals surface area contributed by atoms with Crippen LogP contribution in [-0.2, 0) is 9.53 Å². The van der Waals surface area contributed by atoms with Crippen LogP contribution < -0.4 is 10.6 Å². The number of carbonyl (C=O) groups is 1. The second-order valence-corrected chi connectivity index (χ2v) is 4.09. The van der Waals surface area contributed by atoms with Gasteiger partial charge in [-0.15, -0.1) is 0 Å². The summed E-state index contributed by atoms with van der Waals surface area (Å²) in [5, 5.41) is 6.06. The second kappa shape index (κ2) is 10.9. The highest BCUT2D eigenvalue weighted by Crippen LogP contribution is 1.93. The number of carbonyl (C=O) groups excluding carboxylic acids is 1. The fourth-order valence-electron chi connectivity index (χ4n) is 1.25. The van der Waals surface area contributed by atoms with Crippen LogP contribution >= 0.6 is 0 Å². The van der Waals surface area contributed by atoms with Crippen molar-refractivity contribution in [3.05, 3.63) is 0 Å². The Morgan fingerprint density at radius 1 is 1.31 bits per heavy atom. The molecule has 1 amide bonds. The van der Waals surface area contributed by atoms with E-state index < -0.39 is 0 Å². The van der Waals surface area contributed by atoms with Crippen LogP contribution in [0, 0.1) is 0 Å². The third kappa shape index (κ3) is 9.93. The maximum Gasteiger partial charge on any atom is 0.233 e. The highest BCUT2D eigenvalue weighted by atomic mass is 16.5. The Bertz CT molecular complexity index is 174. The average molecular weight is 230 g/mol. The number of methoxy groups -OCH3 is 1. The van der Waals surface area contributed by atoms with Crippen LogP contribution in [0.3, 0.4) is 0 Å². The van der Waals surface area contributed by atoms with Gasteiger partial charge >= 0.3 is 0 Å². The Kier molecular flexibility index (Phi) is 10.5. The topological polar surface area (TPSA) is 50.4 Å². The largest absolute Gasteiger partial charge is 0.385 e. The van der Waals surface area contributed by atoms with Gasteiger partial charge in [0, 0.05) is 26.3 Å². The Hall–Kier alpha value is -0.610. The van der Waals surface area contributed by atoms with E-state index in [1.54, 1.807) is 7.11 Å². The normalized spacial score (nSPS) is 12.4. The van der Waals surface area contributed by atoms with Gasteiger partial charge in [0.05, 0.1) is 6.54 Å². The SMILES string of the molecule is CCC(C)NCC(=O)NCCCCCOC. The quantitative estimate of drug-likeness (QED) is 0.556. The summed E-state index contributed by atoms with van der Waals surface area (Å²) >= 11 is 0. The third-order valence-electron chi connectivity index (χ3n) is 2.57. The van der Waals surface area contributed by atoms with Gasteiger partial charge in [0.1, 0.15) is 0 Å². The van der Waals surface area contributed by atoms with Crippen molar-refractivity contribution in [2.24, 2.45) is 0 Å². The lowest BCUT2D eigenvalue weighted by molar-refractivity contribution is -0.120. The Morgan fingerprint density at radius 3 is 2.69 bits per heavy atom. The number of amides is 1. The van der Waals surface area contributed by atoms with Crippen LogP contribution in [0.15, 0.2) is 0 Å². The number of rotatable bonds is 10. The van der Waals surface area contributed by atoms with Crippen LogP contribution in [0.1, 0.15) is 39.5 Å². The molecule has 0 spiro atoms. The minimum Gasteiger partial charge on any atom is -0.385 e. The molecule has 0 fully saturated rings. The summed E-state index contributed by atoms with van der Waals surface area (Å²) in [6.45, 7) is 6.19. The molecule has 16 heavy (non-hydrogen) atoms. The lowest BCUT2D eigenvalue weighted by Crippen LogP contribution is -2.38. The molecule has 96 valence electrons. The van der Waals surface area contributed by atoms with E-state index in [1.807, 2.05) is 0 Å². The molecule has 2 N–H and O–H groups in total. The van der Waals surface area contributed by atoms with Gasteiger partial charge in [-0.1, -0.05) is 6.92 Å². The van der Waals surface area contributed by atoms with E-state index in [1.165, 1.54) is 0 Å². The molecular weight excluding hydrogens is 204 g/mol. The summed E-state index contributed by atoms with van der Waals surface area (Å²) in [4.78, 5) is 11.4. The van der Waals surface area contributed by atoms with Crippen molar-refractivity contribution in [3.63, 3.8) is 0 Å². The zero-order valence-corrected chi connectivity index (χ0v) is 10.8. The van der Waals surface area contributed by atoms with E-state index in [2.05, 4.69) is 24.5 Å². The van der Waals surface area contributed by atoms with Gasteiger partial charge in [0.15, 0.2) is 0 Å². The van der Waals surface area contributed by atoms with E-state index >= 15 is 0 Å². The molecule has 0 aromatic rings. The molecule has 0 aromatic heterocycles. The van der Waals surface area contributed by atoms with Crippen LogP contribution in [0.25, 0.3) is 0 Å². The zero-order chi connectivity index (χ0) is 12.2. The number of ether oxygens (including phenoxy) is 1. The predicted molar refractivity (Wildman–Crippen MR) is 66.5 cm³/mol. The lowest BCUT2D eigenvalue weighted by Gasteiger charge is -2.11. The van der Waals surface area contributed by atoms with Gasteiger partial charge < -0.3 is 15.4 Å². The van der Waals surface area contributed by atoms with Gasteiger partial charge in [-0.25, -0.2) is 0 Å². The first kappa shape index (κ1) is 15.4. The summed E-state index contributed by atoms with van der Waals surface area (Å²) in [6, 6.07) is 0.410. The summed E-state index contributed by atoms with van der Waals surface area (Å²) < 4.78 is 4.95. The predicted octanol–water partition coefficient (Wildman–Crippen LogP) is 1.31. The van der Waals surface area contributed by atoms with Crippen molar-refractivity contribution in [2.75, 3.05) is 26.8 Å². The van der Waals surface area contributed by atoms with Gasteiger partial charge in [0.25, 0.3) is 0 Å². The molecule has 4 heteroatoms. The Morgan fingerprint density at radius 2 is 2.06 bits per heavy atom. The van der Waals surface area contributed by atoms with Crippen molar-refractivity contribution in [1.29, 1.82) is 0 Å². The average Bonchev–Trinajstić information content (AvgIpc) is 2.30. The summed E-state index contributed by atoms with van der Waals surface area (Å²) in [5.74, 6) is 0.0899. The number of unbranched alkanes of at least 4 members (excludes halogenated alkanes) is 2. The maximum absolute atomic E-state index is 11.4. The van der Waals surface area contributed by atoms with E-state index in [0.29, 0.717) is 12.6 Å². The smallest absolute Gasteiger partial charge is 0.233 e. The molecule has 4 nitrogen and oxygen atoms in total. The highest BCUT2D eigenvalue weighted by Gasteiger charge is 2.02. The molecular formula is C12H26N2O2. The number of hydrogen-bond acceptors (Lipinski definition) is 3. The zero-order valence-electron chi connectivity index (χ0n) is 10.8. The van der Waals surface area contributed by atoms with Crippen molar-refractivity contribution in [2.45, 2.75) is 45.6 Å². The van der Waals surface area contributed by atoms with Gasteiger partial charge in [-0.05, 0) is 32.6 Å². The van der Waals surface area contributed by atoms with E-state index in [9.17, 15) is 4.79 Å². The number of hydrogen-bond donors (Lipinski definition) is 2. The maximum atomic E-state index is 11.4. The first-order valence-electron chi connectivity index (χ1n) is 6.19. The lowest BCUT2D eigenvalue weighted by atomic mass is 10.2. The molecule has 0 rings (SSSR count). The highest BCUT2D eigenvalue weighted by molar-refractivity contribution is 5.77. The third-order valence-corrected chi connectivity index (χ3v) is 2.57. The fraction of sp³-hybridized carbons (Fsp3) is 0.917. The van der Waals surface area contributed by atoms with Crippen LogP contribution in [0.5, 0.6) is 0 Å². The first-order valence-corrected chi connectivity index (χ1v) is 6.19. The van der Waals surface area contributed by atoms with Crippen molar-refractivity contribution in [3.8, 4) is 0 Å². The monoisotopic (exact) mass is 230 g/mol.